The predicted octanol–water partition coefficient (Wildman–Crippen LogP) is 6.08. The average molecular weight is 536 g/mol. The van der Waals surface area contributed by atoms with Crippen molar-refractivity contribution in [2.24, 2.45) is 5.92 Å². The summed E-state index contributed by atoms with van der Waals surface area (Å²) in [4.78, 5) is 43.6. The summed E-state index contributed by atoms with van der Waals surface area (Å²) in [6.45, 7) is 8.71. The molecule has 2 aromatic rings. The number of amides is 3. The number of hydrogen-bond acceptors (Lipinski definition) is 5. The predicted molar refractivity (Wildman–Crippen MR) is 155 cm³/mol. The minimum absolute atomic E-state index is 0.151. The molecular weight excluding hydrogens is 502 g/mol. The molecule has 1 saturated heterocycles. The Labute approximate surface area is 228 Å². The van der Waals surface area contributed by atoms with Crippen LogP contribution in [0.3, 0.4) is 0 Å². The lowest BCUT2D eigenvalue weighted by Gasteiger charge is -2.21. The maximum atomic E-state index is 13.7. The van der Waals surface area contributed by atoms with E-state index in [-0.39, 0.29) is 24.3 Å². The van der Waals surface area contributed by atoms with E-state index >= 15 is 0 Å². The molecule has 4 rings (SSSR count). The monoisotopic (exact) mass is 535 g/mol. The molecule has 0 aromatic heterocycles. The zero-order valence-corrected chi connectivity index (χ0v) is 23.4. The van der Waals surface area contributed by atoms with E-state index in [0.29, 0.717) is 44.2 Å². The number of aryl methyl sites for hydroxylation is 2. The number of benzene rings is 2. The summed E-state index contributed by atoms with van der Waals surface area (Å²) in [6, 6.07) is 13.0. The summed E-state index contributed by atoms with van der Waals surface area (Å²) < 4.78 is 0.485. The summed E-state index contributed by atoms with van der Waals surface area (Å²) in [5.74, 6) is -0.509. The zero-order valence-electron chi connectivity index (χ0n) is 21.8. The largest absolute Gasteiger partial charge is 0.325 e. The van der Waals surface area contributed by atoms with Gasteiger partial charge in [-0.05, 0) is 55.5 Å². The van der Waals surface area contributed by atoms with Gasteiger partial charge in [-0.2, -0.15) is 0 Å². The van der Waals surface area contributed by atoms with Crippen LogP contribution in [0, 0.1) is 19.8 Å². The molecule has 6 nitrogen and oxygen atoms in total. The molecule has 0 bridgehead atoms. The van der Waals surface area contributed by atoms with Crippen LogP contribution in [0.2, 0.25) is 0 Å². The topological polar surface area (TPSA) is 69.7 Å². The third kappa shape index (κ3) is 5.65. The molecule has 3 amide bonds. The molecular formula is C29H33N3O3S2. The van der Waals surface area contributed by atoms with Crippen LogP contribution in [0.15, 0.2) is 47.4 Å². The standard InChI is InChI=1S/C29H33N3O3S2/c1-5-7-10-20(6-2)16-32-28(35)26(37-29(32)36)25-22-11-8-9-12-23(22)31(27(25)34)17-24(33)30-21-14-13-18(3)19(4)15-21/h8-9,11-15,20H,5-7,10,16-17H2,1-4H3,(H,30,33). The fourth-order valence-corrected chi connectivity index (χ4v) is 6.05. The summed E-state index contributed by atoms with van der Waals surface area (Å²) >= 11 is 6.77. The van der Waals surface area contributed by atoms with Gasteiger partial charge in [-0.1, -0.05) is 81.4 Å². The highest BCUT2D eigenvalue weighted by molar-refractivity contribution is 8.26. The lowest BCUT2D eigenvalue weighted by Crippen LogP contribution is -2.36. The molecule has 0 saturated carbocycles. The smallest absolute Gasteiger partial charge is 0.267 e. The molecule has 2 aliphatic rings. The molecule has 2 aliphatic heterocycles. The molecule has 1 atom stereocenters. The van der Waals surface area contributed by atoms with Gasteiger partial charge in [0.05, 0.1) is 16.2 Å². The second-order valence-corrected chi connectivity index (χ2v) is 11.3. The number of thiocarbonyl (C=S) groups is 1. The van der Waals surface area contributed by atoms with Crippen LogP contribution < -0.4 is 10.2 Å². The van der Waals surface area contributed by atoms with E-state index in [2.05, 4.69) is 19.2 Å². The Morgan fingerprint density at radius 1 is 1.03 bits per heavy atom. The molecule has 1 N–H and O–H groups in total. The van der Waals surface area contributed by atoms with Crippen molar-refractivity contribution in [3.63, 3.8) is 0 Å². The van der Waals surface area contributed by atoms with Gasteiger partial charge in [-0.25, -0.2) is 0 Å². The van der Waals surface area contributed by atoms with Crippen LogP contribution in [0.5, 0.6) is 0 Å². The molecule has 1 fully saturated rings. The third-order valence-electron chi connectivity index (χ3n) is 7.08. The van der Waals surface area contributed by atoms with E-state index in [1.807, 2.05) is 56.3 Å². The van der Waals surface area contributed by atoms with Crippen LogP contribution in [-0.2, 0) is 14.4 Å². The Bertz CT molecular complexity index is 1290. The molecule has 2 heterocycles. The van der Waals surface area contributed by atoms with E-state index in [1.54, 1.807) is 4.90 Å². The Morgan fingerprint density at radius 3 is 2.49 bits per heavy atom. The van der Waals surface area contributed by atoms with E-state index in [0.717, 1.165) is 36.8 Å². The second kappa shape index (κ2) is 11.6. The number of nitrogens with zero attached hydrogens (tertiary/aromatic N) is 2. The maximum Gasteiger partial charge on any atom is 0.267 e. The Morgan fingerprint density at radius 2 is 1.78 bits per heavy atom. The number of nitrogens with one attached hydrogen (secondary N) is 1. The fourth-order valence-electron chi connectivity index (χ4n) is 4.70. The van der Waals surface area contributed by atoms with Crippen LogP contribution in [0.25, 0.3) is 5.57 Å². The minimum atomic E-state index is -0.352. The van der Waals surface area contributed by atoms with Gasteiger partial charge in [-0.15, -0.1) is 0 Å². The first-order valence-electron chi connectivity index (χ1n) is 12.8. The van der Waals surface area contributed by atoms with Gasteiger partial charge in [0, 0.05) is 17.8 Å². The number of hydrogen-bond donors (Lipinski definition) is 1. The highest BCUT2D eigenvalue weighted by Gasteiger charge is 2.42. The van der Waals surface area contributed by atoms with Gasteiger partial charge in [0.15, 0.2) is 0 Å². The number of carbonyl (C=O) groups excluding carboxylic acids is 3. The normalized spacial score (nSPS) is 18.0. The number of unbranched alkanes of at least 4 members (excludes halogenated alkanes) is 1. The Kier molecular flexibility index (Phi) is 8.49. The van der Waals surface area contributed by atoms with Crippen molar-refractivity contribution in [3.05, 3.63) is 64.1 Å². The molecule has 0 aliphatic carbocycles. The van der Waals surface area contributed by atoms with Crippen molar-refractivity contribution in [1.29, 1.82) is 0 Å². The van der Waals surface area contributed by atoms with E-state index in [1.165, 1.54) is 16.7 Å². The van der Waals surface area contributed by atoms with Crippen molar-refractivity contribution >= 4 is 63.0 Å². The number of rotatable bonds is 9. The Balaban J connectivity index is 1.58. The second-order valence-electron chi connectivity index (χ2n) is 9.66. The van der Waals surface area contributed by atoms with E-state index in [4.69, 9.17) is 12.2 Å². The molecule has 8 heteroatoms. The van der Waals surface area contributed by atoms with Gasteiger partial charge in [-0.3, -0.25) is 24.2 Å². The summed E-state index contributed by atoms with van der Waals surface area (Å²) in [5, 5.41) is 2.89. The van der Waals surface area contributed by atoms with Crippen molar-refractivity contribution in [2.45, 2.75) is 53.4 Å². The summed E-state index contributed by atoms with van der Waals surface area (Å²) in [6.07, 6.45) is 4.23. The lowest BCUT2D eigenvalue weighted by molar-refractivity contribution is -0.123. The van der Waals surface area contributed by atoms with Crippen molar-refractivity contribution in [2.75, 3.05) is 23.3 Å². The number of para-hydroxylation sites is 1. The van der Waals surface area contributed by atoms with Crippen molar-refractivity contribution < 1.29 is 14.4 Å². The number of fused-ring (bicyclic) bond motifs is 1. The minimum Gasteiger partial charge on any atom is -0.325 e. The highest BCUT2D eigenvalue weighted by atomic mass is 32.2. The van der Waals surface area contributed by atoms with Gasteiger partial charge in [0.25, 0.3) is 11.8 Å². The Hall–Kier alpha value is -2.97. The fraction of sp³-hybridized carbons (Fsp3) is 0.379. The first-order chi connectivity index (χ1) is 17.7. The molecule has 194 valence electrons. The first kappa shape index (κ1) is 27.1. The number of thioether (sulfide) groups is 1. The first-order valence-corrected chi connectivity index (χ1v) is 14.0. The lowest BCUT2D eigenvalue weighted by atomic mass is 9.98. The van der Waals surface area contributed by atoms with Crippen molar-refractivity contribution in [1.82, 2.24) is 4.90 Å². The van der Waals surface area contributed by atoms with Crippen LogP contribution in [-0.4, -0.2) is 40.0 Å². The van der Waals surface area contributed by atoms with Crippen LogP contribution >= 0.6 is 24.0 Å². The number of anilines is 2. The zero-order chi connectivity index (χ0) is 26.7. The average Bonchev–Trinajstić information content (AvgIpc) is 3.30. The van der Waals surface area contributed by atoms with Crippen molar-refractivity contribution in [3.8, 4) is 0 Å². The highest BCUT2D eigenvalue weighted by Crippen LogP contribution is 2.44. The van der Waals surface area contributed by atoms with E-state index in [9.17, 15) is 14.4 Å². The maximum absolute atomic E-state index is 13.7. The quantitative estimate of drug-likeness (QED) is 0.311. The van der Waals surface area contributed by atoms with Gasteiger partial charge >= 0.3 is 0 Å². The van der Waals surface area contributed by atoms with Crippen LogP contribution in [0.4, 0.5) is 11.4 Å². The van der Waals surface area contributed by atoms with Gasteiger partial charge in [0.2, 0.25) is 5.91 Å². The number of carbonyl (C=O) groups is 3. The van der Waals surface area contributed by atoms with E-state index < -0.39 is 0 Å². The van der Waals surface area contributed by atoms with Gasteiger partial charge < -0.3 is 5.32 Å². The third-order valence-corrected chi connectivity index (χ3v) is 8.52. The van der Waals surface area contributed by atoms with Crippen LogP contribution in [0.1, 0.15) is 56.2 Å². The molecule has 0 radical (unpaired) electrons. The molecule has 37 heavy (non-hydrogen) atoms. The molecule has 1 unspecified atom stereocenters. The SMILES string of the molecule is CCCCC(CC)CN1C(=O)C(=C2C(=O)N(CC(=O)Nc3ccc(C)c(C)c3)c3ccccc32)SC1=S. The summed E-state index contributed by atoms with van der Waals surface area (Å²) in [7, 11) is 0. The van der Waals surface area contributed by atoms with Gasteiger partial charge in [0.1, 0.15) is 10.9 Å². The molecule has 2 aromatic carbocycles. The molecule has 0 spiro atoms. The summed E-state index contributed by atoms with van der Waals surface area (Å²) in [5.41, 5.74) is 4.50.